The summed E-state index contributed by atoms with van der Waals surface area (Å²) in [6.07, 6.45) is -1.76. The normalized spacial score (nSPS) is 11.0. The predicted molar refractivity (Wildman–Crippen MR) is 96.9 cm³/mol. The van der Waals surface area contributed by atoms with Crippen molar-refractivity contribution in [2.75, 3.05) is 0 Å². The van der Waals surface area contributed by atoms with Crippen molar-refractivity contribution in [2.24, 2.45) is 4.99 Å². The van der Waals surface area contributed by atoms with Crippen LogP contribution < -0.4 is 10.6 Å². The van der Waals surface area contributed by atoms with E-state index in [2.05, 4.69) is 15.6 Å². The predicted octanol–water partition coefficient (Wildman–Crippen LogP) is 3.73. The standard InChI is InChI=1S/C18H23FN4O4/c1-17(2,3)26-15(24)22-14(23-16(25)27-18(4,5)6)21-13-8-11(10-20)7-12(19)9-13/h7-9H,1-6H3,(H2,21,22,23,24,25). The zero-order valence-electron chi connectivity index (χ0n) is 16.1. The molecule has 0 fully saturated rings. The van der Waals surface area contributed by atoms with Crippen LogP contribution in [0.2, 0.25) is 0 Å². The Balaban J connectivity index is 3.13. The molecule has 0 spiro atoms. The molecule has 0 aliphatic heterocycles. The Morgan fingerprint density at radius 2 is 1.48 bits per heavy atom. The number of nitrogens with zero attached hydrogens (tertiary/aromatic N) is 2. The van der Waals surface area contributed by atoms with Crippen LogP contribution >= 0.6 is 0 Å². The molecule has 1 aromatic carbocycles. The van der Waals surface area contributed by atoms with Gasteiger partial charge in [-0.15, -0.1) is 0 Å². The molecule has 0 unspecified atom stereocenters. The molecule has 1 aromatic rings. The zero-order valence-corrected chi connectivity index (χ0v) is 16.1. The summed E-state index contributed by atoms with van der Waals surface area (Å²) >= 11 is 0. The van der Waals surface area contributed by atoms with Crippen LogP contribution in [0.3, 0.4) is 0 Å². The number of nitrogens with one attached hydrogen (secondary N) is 2. The lowest BCUT2D eigenvalue weighted by Crippen LogP contribution is -2.47. The number of carbonyl (C=O) groups excluding carboxylic acids is 2. The summed E-state index contributed by atoms with van der Waals surface area (Å²) in [4.78, 5) is 27.9. The molecule has 9 heteroatoms. The molecule has 0 radical (unpaired) electrons. The fourth-order valence-electron chi connectivity index (χ4n) is 1.72. The van der Waals surface area contributed by atoms with Crippen molar-refractivity contribution in [2.45, 2.75) is 52.7 Å². The average molecular weight is 378 g/mol. The van der Waals surface area contributed by atoms with Crippen LogP contribution in [0.15, 0.2) is 23.2 Å². The lowest BCUT2D eigenvalue weighted by molar-refractivity contribution is 0.0545. The van der Waals surface area contributed by atoms with Crippen LogP contribution in [0.5, 0.6) is 0 Å². The fourth-order valence-corrected chi connectivity index (χ4v) is 1.72. The van der Waals surface area contributed by atoms with E-state index in [1.54, 1.807) is 47.6 Å². The second-order valence-corrected chi connectivity index (χ2v) is 7.52. The smallest absolute Gasteiger partial charge is 0.414 e. The number of hydrogen-bond donors (Lipinski definition) is 2. The minimum absolute atomic E-state index is 0.00803. The van der Waals surface area contributed by atoms with Gasteiger partial charge in [0.25, 0.3) is 0 Å². The van der Waals surface area contributed by atoms with Gasteiger partial charge in [0.1, 0.15) is 17.0 Å². The molecule has 2 N–H and O–H groups in total. The molecule has 0 atom stereocenters. The van der Waals surface area contributed by atoms with Crippen molar-refractivity contribution in [1.29, 1.82) is 5.26 Å². The van der Waals surface area contributed by atoms with E-state index in [-0.39, 0.29) is 17.2 Å². The third-order valence-electron chi connectivity index (χ3n) is 2.49. The highest BCUT2D eigenvalue weighted by Crippen LogP contribution is 2.17. The van der Waals surface area contributed by atoms with Crippen molar-refractivity contribution >= 4 is 23.8 Å². The fraction of sp³-hybridized carbons (Fsp3) is 0.444. The third kappa shape index (κ3) is 9.21. The second kappa shape index (κ2) is 8.49. The van der Waals surface area contributed by atoms with Gasteiger partial charge < -0.3 is 9.47 Å². The summed E-state index contributed by atoms with van der Waals surface area (Å²) in [5, 5.41) is 13.5. The van der Waals surface area contributed by atoms with Crippen molar-refractivity contribution in [3.8, 4) is 6.07 Å². The highest BCUT2D eigenvalue weighted by Gasteiger charge is 2.21. The van der Waals surface area contributed by atoms with Crippen LogP contribution in [-0.2, 0) is 9.47 Å². The molecule has 0 bridgehead atoms. The highest BCUT2D eigenvalue weighted by molar-refractivity contribution is 6.02. The number of aliphatic imine (C=N–C) groups is 1. The number of alkyl carbamates (subject to hydrolysis) is 2. The van der Waals surface area contributed by atoms with Crippen LogP contribution in [0.25, 0.3) is 0 Å². The molecule has 0 saturated heterocycles. The molecule has 2 amide bonds. The molecule has 8 nitrogen and oxygen atoms in total. The summed E-state index contributed by atoms with van der Waals surface area (Å²) in [6, 6.07) is 5.15. The number of rotatable bonds is 1. The first-order valence-corrected chi connectivity index (χ1v) is 8.07. The second-order valence-electron chi connectivity index (χ2n) is 7.52. The average Bonchev–Trinajstić information content (AvgIpc) is 2.41. The SMILES string of the molecule is CC(C)(C)OC(=O)NC(=Nc1cc(F)cc(C#N)c1)NC(=O)OC(C)(C)C. The molecule has 1 rings (SSSR count). The van der Waals surface area contributed by atoms with Gasteiger partial charge >= 0.3 is 12.2 Å². The van der Waals surface area contributed by atoms with E-state index >= 15 is 0 Å². The summed E-state index contributed by atoms with van der Waals surface area (Å²) in [6.45, 7) is 9.98. The van der Waals surface area contributed by atoms with Crippen LogP contribution in [0.4, 0.5) is 19.7 Å². The van der Waals surface area contributed by atoms with Crippen molar-refractivity contribution < 1.29 is 23.5 Å². The maximum atomic E-state index is 13.6. The first-order chi connectivity index (χ1) is 12.3. The van der Waals surface area contributed by atoms with Gasteiger partial charge in [0.2, 0.25) is 5.96 Å². The Morgan fingerprint density at radius 3 is 1.89 bits per heavy atom. The number of nitriles is 1. The Morgan fingerprint density at radius 1 is 1.00 bits per heavy atom. The van der Waals surface area contributed by atoms with Crippen LogP contribution in [-0.4, -0.2) is 29.3 Å². The molecule has 0 aromatic heterocycles. The van der Waals surface area contributed by atoms with Crippen LogP contribution in [0, 0.1) is 17.1 Å². The highest BCUT2D eigenvalue weighted by atomic mass is 19.1. The van der Waals surface area contributed by atoms with Crippen LogP contribution in [0.1, 0.15) is 47.1 Å². The first-order valence-electron chi connectivity index (χ1n) is 8.07. The molecule has 0 aliphatic rings. The lowest BCUT2D eigenvalue weighted by atomic mass is 10.2. The van der Waals surface area contributed by atoms with E-state index in [9.17, 15) is 14.0 Å². The Kier molecular flexibility index (Phi) is 6.88. The Hall–Kier alpha value is -3.15. The molecule has 0 aliphatic carbocycles. The van der Waals surface area contributed by atoms with Gasteiger partial charge in [-0.05, 0) is 59.7 Å². The van der Waals surface area contributed by atoms with E-state index in [0.717, 1.165) is 12.1 Å². The minimum Gasteiger partial charge on any atom is -0.444 e. The van der Waals surface area contributed by atoms with Gasteiger partial charge in [0.05, 0.1) is 17.3 Å². The Labute approximate surface area is 157 Å². The van der Waals surface area contributed by atoms with Gasteiger partial charge in [-0.25, -0.2) is 19.0 Å². The number of halogens is 1. The van der Waals surface area contributed by atoms with Crippen molar-refractivity contribution in [3.05, 3.63) is 29.6 Å². The largest absolute Gasteiger partial charge is 0.444 e. The number of hydrogen-bond acceptors (Lipinski definition) is 6. The van der Waals surface area contributed by atoms with Gasteiger partial charge in [0, 0.05) is 0 Å². The summed E-state index contributed by atoms with van der Waals surface area (Å²) in [5.74, 6) is -1.03. The zero-order chi connectivity index (χ0) is 20.8. The lowest BCUT2D eigenvalue weighted by Gasteiger charge is -2.22. The molecule has 146 valence electrons. The molecule has 0 saturated carbocycles. The van der Waals surface area contributed by atoms with E-state index in [4.69, 9.17) is 14.7 Å². The number of guanidine groups is 1. The molecule has 27 heavy (non-hydrogen) atoms. The number of ether oxygens (including phenoxy) is 2. The van der Waals surface area contributed by atoms with Crippen molar-refractivity contribution in [1.82, 2.24) is 10.6 Å². The van der Waals surface area contributed by atoms with E-state index < -0.39 is 29.2 Å². The molecule has 0 heterocycles. The summed E-state index contributed by atoms with van der Waals surface area (Å²) in [7, 11) is 0. The topological polar surface area (TPSA) is 113 Å². The van der Waals surface area contributed by atoms with E-state index in [0.29, 0.717) is 0 Å². The van der Waals surface area contributed by atoms with E-state index in [1.807, 2.05) is 0 Å². The van der Waals surface area contributed by atoms with Gasteiger partial charge in [-0.1, -0.05) is 0 Å². The monoisotopic (exact) mass is 378 g/mol. The number of benzene rings is 1. The maximum absolute atomic E-state index is 13.6. The molecular weight excluding hydrogens is 355 g/mol. The maximum Gasteiger partial charge on any atom is 0.414 e. The van der Waals surface area contributed by atoms with Gasteiger partial charge in [-0.3, -0.25) is 10.6 Å². The Bertz CT molecular complexity index is 754. The summed E-state index contributed by atoms with van der Waals surface area (Å²) < 4.78 is 23.8. The quantitative estimate of drug-likeness (QED) is 0.571. The third-order valence-corrected chi connectivity index (χ3v) is 2.49. The minimum atomic E-state index is -0.880. The molecular formula is C18H23FN4O4. The first kappa shape index (κ1) is 21.9. The summed E-state index contributed by atoms with van der Waals surface area (Å²) in [5.41, 5.74) is -1.53. The number of carbonyl (C=O) groups is 2. The number of amides is 2. The van der Waals surface area contributed by atoms with E-state index in [1.165, 1.54) is 6.07 Å². The van der Waals surface area contributed by atoms with Gasteiger partial charge in [-0.2, -0.15) is 5.26 Å². The van der Waals surface area contributed by atoms with Crippen molar-refractivity contribution in [3.63, 3.8) is 0 Å². The van der Waals surface area contributed by atoms with Gasteiger partial charge in [0.15, 0.2) is 0 Å².